The van der Waals surface area contributed by atoms with Crippen molar-refractivity contribution in [2.45, 2.75) is 77.2 Å². The van der Waals surface area contributed by atoms with Gasteiger partial charge < -0.3 is 20.1 Å². The molecular weight excluding hydrogens is 382 g/mol. The lowest BCUT2D eigenvalue weighted by Gasteiger charge is -2.41. The van der Waals surface area contributed by atoms with E-state index in [2.05, 4.69) is 5.32 Å². The van der Waals surface area contributed by atoms with Gasteiger partial charge in [0.25, 0.3) is 0 Å². The average Bonchev–Trinajstić information content (AvgIpc) is 2.58. The van der Waals surface area contributed by atoms with Crippen molar-refractivity contribution in [3.63, 3.8) is 0 Å². The third kappa shape index (κ3) is 6.96. The SMILES string of the molecule is CC(=O)NC(Cc1cc(F)cc(F)c1)C(O)C1CCCCN1C(=O)OC(C)(C)C. The van der Waals surface area contributed by atoms with Crippen molar-refractivity contribution < 1.29 is 28.2 Å². The molecule has 3 atom stereocenters. The smallest absolute Gasteiger partial charge is 0.410 e. The van der Waals surface area contributed by atoms with Crippen molar-refractivity contribution in [1.82, 2.24) is 10.2 Å². The zero-order chi connectivity index (χ0) is 21.8. The van der Waals surface area contributed by atoms with Gasteiger partial charge in [0.1, 0.15) is 17.2 Å². The lowest BCUT2D eigenvalue weighted by atomic mass is 9.90. The van der Waals surface area contributed by atoms with Gasteiger partial charge in [0.2, 0.25) is 5.91 Å². The number of rotatable bonds is 5. The van der Waals surface area contributed by atoms with Gasteiger partial charge in [-0.2, -0.15) is 0 Å². The zero-order valence-electron chi connectivity index (χ0n) is 17.4. The van der Waals surface area contributed by atoms with E-state index in [1.165, 1.54) is 11.8 Å². The topological polar surface area (TPSA) is 78.9 Å². The van der Waals surface area contributed by atoms with Gasteiger partial charge in [-0.25, -0.2) is 13.6 Å². The molecule has 1 aliphatic heterocycles. The Kier molecular flexibility index (Phi) is 7.57. The Balaban J connectivity index is 2.23. The highest BCUT2D eigenvalue weighted by Gasteiger charge is 2.38. The predicted octanol–water partition coefficient (Wildman–Crippen LogP) is 3.16. The predicted molar refractivity (Wildman–Crippen MR) is 104 cm³/mol. The van der Waals surface area contributed by atoms with Crippen LogP contribution in [0.25, 0.3) is 0 Å². The number of nitrogens with one attached hydrogen (secondary N) is 1. The minimum Gasteiger partial charge on any atom is -0.444 e. The molecule has 1 fully saturated rings. The molecule has 2 amide bonds. The maximum Gasteiger partial charge on any atom is 0.410 e. The van der Waals surface area contributed by atoms with Gasteiger partial charge in [0, 0.05) is 19.5 Å². The molecule has 1 aromatic carbocycles. The summed E-state index contributed by atoms with van der Waals surface area (Å²) in [5, 5.41) is 13.7. The Bertz CT molecular complexity index is 716. The molecule has 162 valence electrons. The van der Waals surface area contributed by atoms with Crippen LogP contribution >= 0.6 is 0 Å². The number of amides is 2. The first-order valence-electron chi connectivity index (χ1n) is 9.86. The van der Waals surface area contributed by atoms with Crippen LogP contribution < -0.4 is 5.32 Å². The van der Waals surface area contributed by atoms with Crippen LogP contribution in [0.2, 0.25) is 0 Å². The summed E-state index contributed by atoms with van der Waals surface area (Å²) < 4.78 is 32.6. The van der Waals surface area contributed by atoms with Gasteiger partial charge in [-0.15, -0.1) is 0 Å². The van der Waals surface area contributed by atoms with Crippen LogP contribution in [0.15, 0.2) is 18.2 Å². The van der Waals surface area contributed by atoms with Crippen LogP contribution in [-0.4, -0.2) is 52.3 Å². The first-order valence-corrected chi connectivity index (χ1v) is 9.86. The maximum absolute atomic E-state index is 13.6. The molecular formula is C21H30F2N2O4. The Hall–Kier alpha value is -2.22. The van der Waals surface area contributed by atoms with E-state index in [1.54, 1.807) is 20.8 Å². The van der Waals surface area contributed by atoms with E-state index in [1.807, 2.05) is 0 Å². The average molecular weight is 412 g/mol. The summed E-state index contributed by atoms with van der Waals surface area (Å²) in [6.45, 7) is 7.02. The largest absolute Gasteiger partial charge is 0.444 e. The number of halogens is 2. The van der Waals surface area contributed by atoms with E-state index in [9.17, 15) is 23.5 Å². The van der Waals surface area contributed by atoms with E-state index in [0.717, 1.165) is 31.0 Å². The summed E-state index contributed by atoms with van der Waals surface area (Å²) in [5.41, 5.74) is -0.375. The van der Waals surface area contributed by atoms with Crippen LogP contribution in [0, 0.1) is 11.6 Å². The molecule has 8 heteroatoms. The van der Waals surface area contributed by atoms with Crippen molar-refractivity contribution in [3.05, 3.63) is 35.4 Å². The number of likely N-dealkylation sites (tertiary alicyclic amines) is 1. The van der Waals surface area contributed by atoms with E-state index < -0.39 is 41.5 Å². The molecule has 0 spiro atoms. The first kappa shape index (κ1) is 23.1. The molecule has 0 aromatic heterocycles. The molecule has 2 N–H and O–H groups in total. The molecule has 3 unspecified atom stereocenters. The second-order valence-electron chi connectivity index (χ2n) is 8.52. The third-order valence-corrected chi connectivity index (χ3v) is 4.75. The third-order valence-electron chi connectivity index (χ3n) is 4.75. The normalized spacial score (nSPS) is 19.4. The van der Waals surface area contributed by atoms with Crippen LogP contribution in [-0.2, 0) is 16.0 Å². The quantitative estimate of drug-likeness (QED) is 0.779. The Labute approximate surface area is 170 Å². The van der Waals surface area contributed by atoms with Gasteiger partial charge in [-0.3, -0.25) is 4.79 Å². The fourth-order valence-corrected chi connectivity index (χ4v) is 3.63. The molecule has 1 heterocycles. The molecule has 0 saturated carbocycles. The second kappa shape index (κ2) is 9.52. The number of nitrogens with zero attached hydrogens (tertiary/aromatic N) is 1. The first-order chi connectivity index (χ1) is 13.5. The molecule has 0 aliphatic carbocycles. The Morgan fingerprint density at radius 1 is 1.24 bits per heavy atom. The van der Waals surface area contributed by atoms with E-state index in [-0.39, 0.29) is 12.3 Å². The summed E-state index contributed by atoms with van der Waals surface area (Å²) in [5.74, 6) is -1.85. The fourth-order valence-electron chi connectivity index (χ4n) is 3.63. The number of piperidine rings is 1. The summed E-state index contributed by atoms with van der Waals surface area (Å²) in [7, 11) is 0. The molecule has 1 saturated heterocycles. The van der Waals surface area contributed by atoms with E-state index in [4.69, 9.17) is 4.74 Å². The van der Waals surface area contributed by atoms with Gasteiger partial charge in [0.05, 0.1) is 18.2 Å². The lowest BCUT2D eigenvalue weighted by Crippen LogP contribution is -2.58. The minimum atomic E-state index is -1.13. The summed E-state index contributed by atoms with van der Waals surface area (Å²) in [4.78, 5) is 25.8. The van der Waals surface area contributed by atoms with Crippen LogP contribution in [0.3, 0.4) is 0 Å². The van der Waals surface area contributed by atoms with Gasteiger partial charge in [-0.05, 0) is 64.2 Å². The number of ether oxygens (including phenoxy) is 1. The van der Waals surface area contributed by atoms with Crippen molar-refractivity contribution in [2.75, 3.05) is 6.54 Å². The number of hydrogen-bond acceptors (Lipinski definition) is 4. The second-order valence-corrected chi connectivity index (χ2v) is 8.52. The standard InChI is InChI=1S/C21H30F2N2O4/c1-13(26)24-17(11-14-9-15(22)12-16(23)10-14)19(27)18-7-5-6-8-25(18)20(28)29-21(2,3)4/h9-10,12,17-19,27H,5-8,11H2,1-4H3,(H,24,26). The number of benzene rings is 1. The van der Waals surface area contributed by atoms with Gasteiger partial charge in [0.15, 0.2) is 0 Å². The number of aliphatic hydroxyl groups excluding tert-OH is 1. The monoisotopic (exact) mass is 412 g/mol. The lowest BCUT2D eigenvalue weighted by molar-refractivity contribution is -0.121. The summed E-state index contributed by atoms with van der Waals surface area (Å²) in [6.07, 6.45) is 0.491. The molecule has 1 aliphatic rings. The molecule has 0 radical (unpaired) electrons. The Morgan fingerprint density at radius 3 is 2.41 bits per heavy atom. The molecule has 2 rings (SSSR count). The van der Waals surface area contributed by atoms with Crippen LogP contribution in [0.4, 0.5) is 13.6 Å². The molecule has 6 nitrogen and oxygen atoms in total. The molecule has 1 aromatic rings. The number of hydrogen-bond donors (Lipinski definition) is 2. The van der Waals surface area contributed by atoms with Crippen molar-refractivity contribution in [1.29, 1.82) is 0 Å². The molecule has 29 heavy (non-hydrogen) atoms. The van der Waals surface area contributed by atoms with Gasteiger partial charge >= 0.3 is 6.09 Å². The maximum atomic E-state index is 13.6. The van der Waals surface area contributed by atoms with Crippen molar-refractivity contribution in [2.24, 2.45) is 0 Å². The zero-order valence-corrected chi connectivity index (χ0v) is 17.4. The Morgan fingerprint density at radius 2 is 1.86 bits per heavy atom. The highest BCUT2D eigenvalue weighted by Crippen LogP contribution is 2.25. The van der Waals surface area contributed by atoms with E-state index >= 15 is 0 Å². The fraction of sp³-hybridized carbons (Fsp3) is 0.619. The van der Waals surface area contributed by atoms with Crippen molar-refractivity contribution >= 4 is 12.0 Å². The summed E-state index contributed by atoms with van der Waals surface area (Å²) in [6, 6.07) is 1.70. The van der Waals surface area contributed by atoms with Crippen LogP contribution in [0.5, 0.6) is 0 Å². The summed E-state index contributed by atoms with van der Waals surface area (Å²) >= 11 is 0. The highest BCUT2D eigenvalue weighted by molar-refractivity contribution is 5.73. The number of carbonyl (C=O) groups is 2. The van der Waals surface area contributed by atoms with Crippen LogP contribution in [0.1, 0.15) is 52.5 Å². The van der Waals surface area contributed by atoms with E-state index in [0.29, 0.717) is 18.5 Å². The highest BCUT2D eigenvalue weighted by atomic mass is 19.1. The van der Waals surface area contributed by atoms with Gasteiger partial charge in [-0.1, -0.05) is 0 Å². The molecule has 0 bridgehead atoms. The number of aliphatic hydroxyl groups is 1. The number of carbonyl (C=O) groups excluding carboxylic acids is 2. The minimum absolute atomic E-state index is 0.0219. The van der Waals surface area contributed by atoms with Crippen molar-refractivity contribution in [3.8, 4) is 0 Å².